The largest absolute Gasteiger partial charge is 0.273 e. The van der Waals surface area contributed by atoms with Crippen LogP contribution >= 0.6 is 0 Å². The fraction of sp³-hybridized carbons (Fsp3) is 0.333. The van der Waals surface area contributed by atoms with Crippen LogP contribution in [0.3, 0.4) is 0 Å². The van der Waals surface area contributed by atoms with E-state index in [0.717, 1.165) is 29.8 Å². The zero-order valence-electron chi connectivity index (χ0n) is 12.3. The first-order chi connectivity index (χ1) is 10.2. The lowest BCUT2D eigenvalue weighted by Gasteiger charge is -2.08. The molecule has 0 radical (unpaired) electrons. The van der Waals surface area contributed by atoms with Gasteiger partial charge in [0.05, 0.1) is 5.69 Å². The van der Waals surface area contributed by atoms with E-state index in [1.165, 1.54) is 0 Å². The van der Waals surface area contributed by atoms with Gasteiger partial charge in [0.2, 0.25) is 5.91 Å². The molecule has 0 spiro atoms. The Morgan fingerprint density at radius 2 is 1.95 bits per heavy atom. The monoisotopic (exact) mass is 285 g/mol. The van der Waals surface area contributed by atoms with Gasteiger partial charge in [-0.15, -0.1) is 10.2 Å². The Kier molecular flexibility index (Phi) is 5.20. The number of hydrazine groups is 1. The van der Waals surface area contributed by atoms with E-state index in [1.54, 1.807) is 0 Å². The molecule has 1 heterocycles. The van der Waals surface area contributed by atoms with E-state index in [2.05, 4.69) is 26.0 Å². The maximum Gasteiger partial charge on any atom is 0.261 e. The average Bonchev–Trinajstić information content (AvgIpc) is 2.52. The minimum Gasteiger partial charge on any atom is -0.273 e. The van der Waals surface area contributed by atoms with Crippen LogP contribution < -0.4 is 10.9 Å². The van der Waals surface area contributed by atoms with E-state index in [-0.39, 0.29) is 11.9 Å². The van der Waals surface area contributed by atoms with Gasteiger partial charge in [0.15, 0.2) is 0 Å². The summed E-state index contributed by atoms with van der Waals surface area (Å²) in [5, 5.41) is 8.14. The Morgan fingerprint density at radius 3 is 2.62 bits per heavy atom. The molecule has 2 rings (SSSR count). The molecular formula is C15H19N5O. The molecule has 110 valence electrons. The maximum atomic E-state index is 11.5. The van der Waals surface area contributed by atoms with Crippen LogP contribution in [0.2, 0.25) is 0 Å². The molecule has 0 aliphatic rings. The molecule has 21 heavy (non-hydrogen) atoms. The van der Waals surface area contributed by atoms with Crippen molar-refractivity contribution >= 4 is 11.9 Å². The second-order valence-electron chi connectivity index (χ2n) is 4.71. The van der Waals surface area contributed by atoms with Gasteiger partial charge >= 0.3 is 0 Å². The molecule has 0 aliphatic heterocycles. The zero-order chi connectivity index (χ0) is 15.1. The maximum absolute atomic E-state index is 11.5. The van der Waals surface area contributed by atoms with Crippen LogP contribution in [0.25, 0.3) is 11.3 Å². The summed E-state index contributed by atoms with van der Waals surface area (Å²) in [6.45, 7) is 3.90. The zero-order valence-corrected chi connectivity index (χ0v) is 12.3. The summed E-state index contributed by atoms with van der Waals surface area (Å²) in [7, 11) is 0. The van der Waals surface area contributed by atoms with Gasteiger partial charge in [-0.1, -0.05) is 43.7 Å². The number of hydrogen-bond acceptors (Lipinski definition) is 5. The lowest BCUT2D eigenvalue weighted by molar-refractivity contribution is -0.120. The van der Waals surface area contributed by atoms with Crippen molar-refractivity contribution in [2.75, 3.05) is 5.43 Å². The number of rotatable bonds is 6. The van der Waals surface area contributed by atoms with Crippen molar-refractivity contribution in [2.24, 2.45) is 0 Å². The second kappa shape index (κ2) is 7.33. The van der Waals surface area contributed by atoms with Crippen molar-refractivity contribution < 1.29 is 4.79 Å². The smallest absolute Gasteiger partial charge is 0.261 e. The average molecular weight is 285 g/mol. The van der Waals surface area contributed by atoms with E-state index in [1.807, 2.05) is 44.2 Å². The van der Waals surface area contributed by atoms with Crippen molar-refractivity contribution in [3.05, 3.63) is 36.0 Å². The summed E-state index contributed by atoms with van der Waals surface area (Å²) in [6, 6.07) is 9.74. The molecule has 1 aromatic heterocycles. The lowest BCUT2D eigenvalue weighted by atomic mass is 10.1. The molecule has 1 amide bonds. The quantitative estimate of drug-likeness (QED) is 0.797. The number of hydrogen-bond donors (Lipinski definition) is 2. The van der Waals surface area contributed by atoms with E-state index < -0.39 is 0 Å². The second-order valence-corrected chi connectivity index (χ2v) is 4.71. The third-order valence-electron chi connectivity index (χ3n) is 2.98. The van der Waals surface area contributed by atoms with Crippen molar-refractivity contribution in [3.8, 4) is 11.3 Å². The first-order valence-corrected chi connectivity index (χ1v) is 7.02. The molecule has 6 heteroatoms. The molecule has 0 bridgehead atoms. The highest BCUT2D eigenvalue weighted by Crippen LogP contribution is 2.18. The number of benzene rings is 1. The molecule has 0 atom stereocenters. The number of aromatic nitrogens is 3. The van der Waals surface area contributed by atoms with Crippen LogP contribution in [0.15, 0.2) is 30.3 Å². The highest BCUT2D eigenvalue weighted by molar-refractivity contribution is 5.76. The third kappa shape index (κ3) is 4.24. The number of carbonyl (C=O) groups excluding carboxylic acids is 1. The number of unbranched alkanes of at least 4 members (excludes halogenated alkanes) is 1. The van der Waals surface area contributed by atoms with Crippen LogP contribution in [-0.2, 0) is 4.79 Å². The van der Waals surface area contributed by atoms with Crippen molar-refractivity contribution in [3.63, 3.8) is 0 Å². The van der Waals surface area contributed by atoms with Crippen LogP contribution in [0.1, 0.15) is 31.9 Å². The molecule has 0 saturated carbocycles. The fourth-order valence-corrected chi connectivity index (χ4v) is 1.84. The summed E-state index contributed by atoms with van der Waals surface area (Å²) in [6.07, 6.45) is 2.33. The molecule has 0 unspecified atom stereocenters. The predicted molar refractivity (Wildman–Crippen MR) is 81.3 cm³/mol. The van der Waals surface area contributed by atoms with E-state index in [0.29, 0.717) is 6.42 Å². The number of aryl methyl sites for hydroxylation is 1. The van der Waals surface area contributed by atoms with Gasteiger partial charge in [0.25, 0.3) is 5.95 Å². The summed E-state index contributed by atoms with van der Waals surface area (Å²) >= 11 is 0. The fourth-order valence-electron chi connectivity index (χ4n) is 1.84. The van der Waals surface area contributed by atoms with Gasteiger partial charge in [-0.3, -0.25) is 15.6 Å². The summed E-state index contributed by atoms with van der Waals surface area (Å²) in [5.74, 6) is 0.210. The first kappa shape index (κ1) is 14.9. The minimum atomic E-state index is -0.0785. The van der Waals surface area contributed by atoms with Crippen LogP contribution in [-0.4, -0.2) is 21.1 Å². The van der Waals surface area contributed by atoms with Crippen molar-refractivity contribution in [1.82, 2.24) is 20.6 Å². The molecular weight excluding hydrogens is 266 g/mol. The Bertz CT molecular complexity index is 600. The SMILES string of the molecule is CCCCC(=O)NNc1nnc(-c2ccccc2)c(C)n1. The summed E-state index contributed by atoms with van der Waals surface area (Å²) in [4.78, 5) is 15.8. The van der Waals surface area contributed by atoms with Crippen LogP contribution in [0.4, 0.5) is 5.95 Å². The van der Waals surface area contributed by atoms with E-state index in [9.17, 15) is 4.79 Å². The minimum absolute atomic E-state index is 0.0785. The molecule has 0 aliphatic carbocycles. The van der Waals surface area contributed by atoms with Crippen LogP contribution in [0, 0.1) is 6.92 Å². The number of anilines is 1. The van der Waals surface area contributed by atoms with Crippen molar-refractivity contribution in [1.29, 1.82) is 0 Å². The summed E-state index contributed by atoms with van der Waals surface area (Å²) in [5.41, 5.74) is 7.71. The Morgan fingerprint density at radius 1 is 1.19 bits per heavy atom. The third-order valence-corrected chi connectivity index (χ3v) is 2.98. The molecule has 2 N–H and O–H groups in total. The Labute approximate surface area is 124 Å². The molecule has 1 aromatic carbocycles. The molecule has 0 saturated heterocycles. The lowest BCUT2D eigenvalue weighted by Crippen LogP contribution is -2.30. The molecule has 2 aromatic rings. The highest BCUT2D eigenvalue weighted by atomic mass is 16.2. The first-order valence-electron chi connectivity index (χ1n) is 7.02. The number of nitrogens with one attached hydrogen (secondary N) is 2. The predicted octanol–water partition coefficient (Wildman–Crippen LogP) is 2.48. The van der Waals surface area contributed by atoms with Gasteiger partial charge < -0.3 is 0 Å². The van der Waals surface area contributed by atoms with Gasteiger partial charge in [0, 0.05) is 12.0 Å². The van der Waals surface area contributed by atoms with Gasteiger partial charge in [-0.05, 0) is 13.3 Å². The molecule has 6 nitrogen and oxygen atoms in total. The highest BCUT2D eigenvalue weighted by Gasteiger charge is 2.08. The Balaban J connectivity index is 2.01. The Hall–Kier alpha value is -2.50. The number of amides is 1. The van der Waals surface area contributed by atoms with Gasteiger partial charge in [-0.2, -0.15) is 0 Å². The van der Waals surface area contributed by atoms with Gasteiger partial charge in [0.1, 0.15) is 5.69 Å². The normalized spacial score (nSPS) is 10.2. The van der Waals surface area contributed by atoms with E-state index >= 15 is 0 Å². The van der Waals surface area contributed by atoms with E-state index in [4.69, 9.17) is 0 Å². The standard InChI is InChI=1S/C15H19N5O/c1-3-4-10-13(21)17-19-15-16-11(2)14(18-20-15)12-8-6-5-7-9-12/h5-9H,3-4,10H2,1-2H3,(H,17,21)(H,16,19,20). The number of nitrogens with zero attached hydrogens (tertiary/aromatic N) is 3. The van der Waals surface area contributed by atoms with Crippen molar-refractivity contribution in [2.45, 2.75) is 33.1 Å². The van der Waals surface area contributed by atoms with Crippen LogP contribution in [0.5, 0.6) is 0 Å². The summed E-state index contributed by atoms with van der Waals surface area (Å²) < 4.78 is 0. The topological polar surface area (TPSA) is 79.8 Å². The molecule has 0 fully saturated rings. The van der Waals surface area contributed by atoms with Gasteiger partial charge in [-0.25, -0.2) is 4.98 Å². The number of carbonyl (C=O) groups is 1.